The topological polar surface area (TPSA) is 118 Å². The molecule has 0 fully saturated rings. The van der Waals surface area contributed by atoms with Gasteiger partial charge < -0.3 is 15.0 Å². The molecular weight excluding hydrogens is 370 g/mol. The molecule has 8 nitrogen and oxygen atoms in total. The molecule has 0 radical (unpaired) electrons. The van der Waals surface area contributed by atoms with Crippen LogP contribution in [0, 0.1) is 0 Å². The molecule has 0 aliphatic carbocycles. The third-order valence-corrected chi connectivity index (χ3v) is 5.43. The number of amides is 1. The molecule has 0 atom stereocenters. The van der Waals surface area contributed by atoms with Crippen LogP contribution in [-0.2, 0) is 23.6 Å². The monoisotopic (exact) mass is 385 g/mol. The molecule has 0 saturated carbocycles. The number of benzene rings is 1. The number of pyridine rings is 1. The van der Waals surface area contributed by atoms with E-state index in [2.05, 4.69) is 10.0 Å². The number of hydrogen-bond donors (Lipinski definition) is 3. The Morgan fingerprint density at radius 3 is 2.56 bits per heavy atom. The molecule has 0 aliphatic heterocycles. The Labute approximate surface area is 149 Å². The van der Waals surface area contributed by atoms with Crippen molar-refractivity contribution in [2.45, 2.75) is 11.4 Å². The molecule has 1 aromatic heterocycles. The highest BCUT2D eigenvalue weighted by Gasteiger charge is 2.21. The first-order valence-electron chi connectivity index (χ1n) is 7.07. The van der Waals surface area contributed by atoms with Gasteiger partial charge in [-0.3, -0.25) is 9.59 Å². The minimum atomic E-state index is -3.93. The lowest BCUT2D eigenvalue weighted by atomic mass is 10.2. The molecule has 0 aliphatic rings. The van der Waals surface area contributed by atoms with E-state index in [1.54, 1.807) is 6.07 Å². The van der Waals surface area contributed by atoms with Crippen molar-refractivity contribution in [2.75, 3.05) is 7.05 Å². The van der Waals surface area contributed by atoms with Crippen LogP contribution < -0.4 is 15.5 Å². The van der Waals surface area contributed by atoms with E-state index in [1.807, 2.05) is 0 Å². The first kappa shape index (κ1) is 19.0. The van der Waals surface area contributed by atoms with Crippen molar-refractivity contribution in [2.24, 2.45) is 7.05 Å². The van der Waals surface area contributed by atoms with Gasteiger partial charge in [0, 0.05) is 25.9 Å². The molecule has 1 aromatic carbocycles. The van der Waals surface area contributed by atoms with Crippen LogP contribution in [-0.4, -0.2) is 31.0 Å². The molecular formula is C15H16ClN3O5S. The first-order valence-corrected chi connectivity index (χ1v) is 8.93. The van der Waals surface area contributed by atoms with Crippen LogP contribution in [0.5, 0.6) is 5.75 Å². The Hall–Kier alpha value is -2.36. The molecule has 2 rings (SSSR count). The molecule has 134 valence electrons. The third-order valence-electron chi connectivity index (χ3n) is 3.53. The zero-order valence-corrected chi connectivity index (χ0v) is 15.0. The average Bonchev–Trinajstić information content (AvgIpc) is 2.57. The standard InChI is InChI=1S/C15H16ClN3O5S/c1-17-15(22)13-14(21)11(20)7-9(19(13)2)8-18-25(23,24)12-6-4-3-5-10(12)16/h3-7,18,21H,8H2,1-2H3,(H,17,22). The lowest BCUT2D eigenvalue weighted by molar-refractivity contribution is 0.0950. The molecule has 0 unspecified atom stereocenters. The van der Waals surface area contributed by atoms with Crippen LogP contribution in [0.15, 0.2) is 40.0 Å². The van der Waals surface area contributed by atoms with E-state index in [0.29, 0.717) is 0 Å². The molecule has 1 amide bonds. The van der Waals surface area contributed by atoms with Gasteiger partial charge in [0.05, 0.1) is 11.6 Å². The lowest BCUT2D eigenvalue weighted by Gasteiger charge is -2.15. The number of hydrogen-bond acceptors (Lipinski definition) is 5. The summed E-state index contributed by atoms with van der Waals surface area (Å²) in [5, 5.41) is 12.2. The highest BCUT2D eigenvalue weighted by molar-refractivity contribution is 7.89. The second-order valence-electron chi connectivity index (χ2n) is 5.09. The molecule has 2 aromatic rings. The Balaban J connectivity index is 2.39. The van der Waals surface area contributed by atoms with E-state index in [1.165, 1.54) is 36.9 Å². The number of halogens is 1. The van der Waals surface area contributed by atoms with Crippen LogP contribution >= 0.6 is 11.6 Å². The minimum absolute atomic E-state index is 0.0562. The number of aromatic hydroxyl groups is 1. The summed E-state index contributed by atoms with van der Waals surface area (Å²) in [4.78, 5) is 23.6. The average molecular weight is 386 g/mol. The second-order valence-corrected chi connectivity index (χ2v) is 7.23. The number of carbonyl (C=O) groups is 1. The van der Waals surface area contributed by atoms with Crippen molar-refractivity contribution in [1.29, 1.82) is 0 Å². The quantitative estimate of drug-likeness (QED) is 0.696. The van der Waals surface area contributed by atoms with E-state index in [-0.39, 0.29) is 27.9 Å². The third kappa shape index (κ3) is 3.84. The fourth-order valence-electron chi connectivity index (χ4n) is 2.19. The summed E-state index contributed by atoms with van der Waals surface area (Å²) >= 11 is 5.89. The van der Waals surface area contributed by atoms with Crippen molar-refractivity contribution >= 4 is 27.5 Å². The Bertz CT molecular complexity index is 985. The summed E-state index contributed by atoms with van der Waals surface area (Å²) in [6, 6.07) is 6.96. The normalized spacial score (nSPS) is 11.3. The van der Waals surface area contributed by atoms with Crippen molar-refractivity contribution in [3.05, 3.63) is 57.0 Å². The van der Waals surface area contributed by atoms with Crippen LogP contribution in [0.25, 0.3) is 0 Å². The molecule has 3 N–H and O–H groups in total. The smallest absolute Gasteiger partial charge is 0.271 e. The van der Waals surface area contributed by atoms with Crippen molar-refractivity contribution in [3.8, 4) is 5.75 Å². The Kier molecular flexibility index (Phi) is 5.51. The summed E-state index contributed by atoms with van der Waals surface area (Å²) in [6.07, 6.45) is 0. The Morgan fingerprint density at radius 1 is 1.32 bits per heavy atom. The van der Waals surface area contributed by atoms with Gasteiger partial charge in [0.1, 0.15) is 4.90 Å². The van der Waals surface area contributed by atoms with Crippen molar-refractivity contribution in [3.63, 3.8) is 0 Å². The largest absolute Gasteiger partial charge is 0.503 e. The van der Waals surface area contributed by atoms with Crippen LogP contribution in [0.2, 0.25) is 5.02 Å². The van der Waals surface area contributed by atoms with Gasteiger partial charge in [-0.25, -0.2) is 13.1 Å². The van der Waals surface area contributed by atoms with Gasteiger partial charge in [0.15, 0.2) is 11.4 Å². The zero-order chi connectivity index (χ0) is 18.8. The van der Waals surface area contributed by atoms with Crippen LogP contribution in [0.1, 0.15) is 16.2 Å². The van der Waals surface area contributed by atoms with E-state index in [9.17, 15) is 23.1 Å². The number of nitrogens with one attached hydrogen (secondary N) is 2. The van der Waals surface area contributed by atoms with Gasteiger partial charge in [-0.05, 0) is 12.1 Å². The Morgan fingerprint density at radius 2 is 1.96 bits per heavy atom. The van der Waals surface area contributed by atoms with Crippen molar-refractivity contribution in [1.82, 2.24) is 14.6 Å². The maximum atomic E-state index is 12.4. The molecule has 25 heavy (non-hydrogen) atoms. The molecule has 0 spiro atoms. The molecule has 0 bridgehead atoms. The maximum Gasteiger partial charge on any atom is 0.271 e. The zero-order valence-electron chi connectivity index (χ0n) is 13.4. The first-order chi connectivity index (χ1) is 11.7. The van der Waals surface area contributed by atoms with Gasteiger partial charge in [-0.15, -0.1) is 0 Å². The molecule has 1 heterocycles. The van der Waals surface area contributed by atoms with E-state index in [0.717, 1.165) is 6.07 Å². The number of aromatic nitrogens is 1. The fraction of sp³-hybridized carbons (Fsp3) is 0.200. The van der Waals surface area contributed by atoms with Gasteiger partial charge in [0.25, 0.3) is 5.91 Å². The number of nitrogens with zero attached hydrogens (tertiary/aromatic N) is 1. The minimum Gasteiger partial charge on any atom is -0.503 e. The fourth-order valence-corrected chi connectivity index (χ4v) is 3.71. The van der Waals surface area contributed by atoms with Crippen LogP contribution in [0.4, 0.5) is 0 Å². The van der Waals surface area contributed by atoms with E-state index >= 15 is 0 Å². The van der Waals surface area contributed by atoms with Crippen LogP contribution in [0.3, 0.4) is 0 Å². The SMILES string of the molecule is CNC(=O)c1c(O)c(=O)cc(CNS(=O)(=O)c2ccccc2Cl)n1C. The molecule has 0 saturated heterocycles. The van der Waals surface area contributed by atoms with Crippen molar-refractivity contribution < 1.29 is 18.3 Å². The summed E-state index contributed by atoms with van der Waals surface area (Å²) in [5.41, 5.74) is -0.859. The maximum absolute atomic E-state index is 12.4. The van der Waals surface area contributed by atoms with Gasteiger partial charge in [0.2, 0.25) is 15.5 Å². The second kappa shape index (κ2) is 7.26. The predicted octanol–water partition coefficient (Wildman–Crippen LogP) is 0.582. The summed E-state index contributed by atoms with van der Waals surface area (Å²) in [6.45, 7) is -0.274. The van der Waals surface area contributed by atoms with Gasteiger partial charge in [-0.1, -0.05) is 23.7 Å². The van der Waals surface area contributed by atoms with E-state index < -0.39 is 27.1 Å². The summed E-state index contributed by atoms with van der Waals surface area (Å²) < 4.78 is 28.3. The van der Waals surface area contributed by atoms with Gasteiger partial charge in [-0.2, -0.15) is 0 Å². The number of rotatable bonds is 5. The predicted molar refractivity (Wildman–Crippen MR) is 92.2 cm³/mol. The summed E-state index contributed by atoms with van der Waals surface area (Å²) in [5.74, 6) is -1.38. The number of sulfonamides is 1. The van der Waals surface area contributed by atoms with Gasteiger partial charge >= 0.3 is 0 Å². The molecule has 10 heteroatoms. The lowest BCUT2D eigenvalue weighted by Crippen LogP contribution is -2.30. The number of carbonyl (C=O) groups excluding carboxylic acids is 1. The van der Waals surface area contributed by atoms with E-state index in [4.69, 9.17) is 11.6 Å². The summed E-state index contributed by atoms with van der Waals surface area (Å²) in [7, 11) is -1.15. The highest BCUT2D eigenvalue weighted by Crippen LogP contribution is 2.20. The highest BCUT2D eigenvalue weighted by atomic mass is 35.5.